The third kappa shape index (κ3) is 4.51. The van der Waals surface area contributed by atoms with E-state index in [2.05, 4.69) is 10.0 Å². The van der Waals surface area contributed by atoms with Gasteiger partial charge in [-0.05, 0) is 43.3 Å². The summed E-state index contributed by atoms with van der Waals surface area (Å²) in [6.07, 6.45) is 0. The highest BCUT2D eigenvalue weighted by Crippen LogP contribution is 2.15. The Hall–Kier alpha value is -1.96. The number of carbonyl (C=O) groups is 1. The monoisotopic (exact) mass is 356 g/mol. The van der Waals surface area contributed by atoms with E-state index in [0.717, 1.165) is 0 Å². The first-order valence-corrected chi connectivity index (χ1v) is 8.49. The lowest BCUT2D eigenvalue weighted by molar-refractivity contribution is -0.117. The molecule has 0 saturated carbocycles. The van der Waals surface area contributed by atoms with Crippen molar-refractivity contribution in [2.75, 3.05) is 5.32 Å². The number of sulfonamides is 1. The SMILES string of the molecule is C[C@@H](NS(=O)(=O)c1ccc(Cl)cc1)C(=O)Nc1ccccc1F. The van der Waals surface area contributed by atoms with Crippen LogP contribution in [0.4, 0.5) is 10.1 Å². The highest BCUT2D eigenvalue weighted by atomic mass is 35.5. The molecule has 0 aliphatic heterocycles. The van der Waals surface area contributed by atoms with Crippen molar-refractivity contribution in [3.63, 3.8) is 0 Å². The van der Waals surface area contributed by atoms with Gasteiger partial charge in [-0.1, -0.05) is 23.7 Å². The molecule has 5 nitrogen and oxygen atoms in total. The quantitative estimate of drug-likeness (QED) is 0.865. The molecule has 1 atom stereocenters. The summed E-state index contributed by atoms with van der Waals surface area (Å²) >= 11 is 5.71. The van der Waals surface area contributed by atoms with E-state index in [1.165, 1.54) is 49.4 Å². The van der Waals surface area contributed by atoms with E-state index in [1.54, 1.807) is 6.07 Å². The third-order valence-electron chi connectivity index (χ3n) is 2.98. The Morgan fingerprint density at radius 3 is 2.35 bits per heavy atom. The van der Waals surface area contributed by atoms with Crippen molar-refractivity contribution in [2.24, 2.45) is 0 Å². The summed E-state index contributed by atoms with van der Waals surface area (Å²) in [4.78, 5) is 12.0. The molecular weight excluding hydrogens is 343 g/mol. The highest BCUT2D eigenvalue weighted by Gasteiger charge is 2.22. The van der Waals surface area contributed by atoms with Crippen LogP contribution in [0.5, 0.6) is 0 Å². The number of hydrogen-bond donors (Lipinski definition) is 2. The maximum absolute atomic E-state index is 13.5. The molecule has 1 amide bonds. The summed E-state index contributed by atoms with van der Waals surface area (Å²) < 4.78 is 40.1. The fourth-order valence-electron chi connectivity index (χ4n) is 1.77. The van der Waals surface area contributed by atoms with E-state index in [4.69, 9.17) is 11.6 Å². The molecule has 0 spiro atoms. The lowest BCUT2D eigenvalue weighted by atomic mass is 10.2. The molecule has 2 N–H and O–H groups in total. The van der Waals surface area contributed by atoms with Gasteiger partial charge in [0.25, 0.3) is 0 Å². The molecule has 0 unspecified atom stereocenters. The van der Waals surface area contributed by atoms with Crippen molar-refractivity contribution in [3.05, 3.63) is 59.4 Å². The van der Waals surface area contributed by atoms with E-state index < -0.39 is 27.8 Å². The molecule has 2 aromatic rings. The Bertz CT molecular complexity index is 810. The Morgan fingerprint density at radius 2 is 1.74 bits per heavy atom. The van der Waals surface area contributed by atoms with Crippen LogP contribution >= 0.6 is 11.6 Å². The average molecular weight is 357 g/mol. The standard InChI is InChI=1S/C15H14ClFN2O3S/c1-10(15(20)18-14-5-3-2-4-13(14)17)19-23(21,22)12-8-6-11(16)7-9-12/h2-10,19H,1H3,(H,18,20)/t10-/m1/s1. The topological polar surface area (TPSA) is 75.3 Å². The molecule has 8 heteroatoms. The Morgan fingerprint density at radius 1 is 1.13 bits per heavy atom. The minimum absolute atomic E-state index is 0.0185. The number of anilines is 1. The Labute approximate surface area is 138 Å². The van der Waals surface area contributed by atoms with Crippen LogP contribution in [-0.4, -0.2) is 20.4 Å². The van der Waals surface area contributed by atoms with Gasteiger partial charge >= 0.3 is 0 Å². The van der Waals surface area contributed by atoms with Gasteiger partial charge in [-0.3, -0.25) is 4.79 Å². The van der Waals surface area contributed by atoms with Gasteiger partial charge < -0.3 is 5.32 Å². The van der Waals surface area contributed by atoms with Gasteiger partial charge in [0.15, 0.2) is 0 Å². The van der Waals surface area contributed by atoms with Crippen molar-refractivity contribution in [1.82, 2.24) is 4.72 Å². The van der Waals surface area contributed by atoms with Crippen LogP contribution in [0.1, 0.15) is 6.92 Å². The summed E-state index contributed by atoms with van der Waals surface area (Å²) in [6.45, 7) is 1.36. The van der Waals surface area contributed by atoms with Gasteiger partial charge in [0.05, 0.1) is 16.6 Å². The second-order valence-corrected chi connectivity index (χ2v) is 6.92. The van der Waals surface area contributed by atoms with E-state index in [1.807, 2.05) is 0 Å². The van der Waals surface area contributed by atoms with Crippen LogP contribution in [0.25, 0.3) is 0 Å². The van der Waals surface area contributed by atoms with Crippen LogP contribution in [0.15, 0.2) is 53.4 Å². The van der Waals surface area contributed by atoms with E-state index in [9.17, 15) is 17.6 Å². The second-order valence-electron chi connectivity index (χ2n) is 4.77. The fourth-order valence-corrected chi connectivity index (χ4v) is 3.10. The lowest BCUT2D eigenvalue weighted by Crippen LogP contribution is -2.41. The van der Waals surface area contributed by atoms with Crippen molar-refractivity contribution >= 4 is 33.2 Å². The number of rotatable bonds is 5. The minimum Gasteiger partial charge on any atom is -0.322 e. The molecule has 0 aliphatic carbocycles. The zero-order valence-electron chi connectivity index (χ0n) is 12.1. The highest BCUT2D eigenvalue weighted by molar-refractivity contribution is 7.89. The van der Waals surface area contributed by atoms with Crippen LogP contribution < -0.4 is 10.0 Å². The molecule has 2 aromatic carbocycles. The van der Waals surface area contributed by atoms with Gasteiger partial charge in [0.2, 0.25) is 15.9 Å². The van der Waals surface area contributed by atoms with E-state index >= 15 is 0 Å². The largest absolute Gasteiger partial charge is 0.322 e. The van der Waals surface area contributed by atoms with Crippen molar-refractivity contribution < 1.29 is 17.6 Å². The van der Waals surface area contributed by atoms with Crippen molar-refractivity contribution in [3.8, 4) is 0 Å². The zero-order valence-corrected chi connectivity index (χ0v) is 13.7. The first kappa shape index (κ1) is 17.4. The number of carbonyl (C=O) groups excluding carboxylic acids is 1. The maximum atomic E-state index is 13.5. The predicted octanol–water partition coefficient (Wildman–Crippen LogP) is 2.78. The summed E-state index contributed by atoms with van der Waals surface area (Å²) in [5, 5.41) is 2.73. The van der Waals surface area contributed by atoms with Crippen LogP contribution in [0.2, 0.25) is 5.02 Å². The Kier molecular flexibility index (Phi) is 5.35. The smallest absolute Gasteiger partial charge is 0.242 e. The average Bonchev–Trinajstić information content (AvgIpc) is 2.49. The zero-order chi connectivity index (χ0) is 17.0. The molecule has 2 rings (SSSR count). The normalized spacial score (nSPS) is 12.7. The fraction of sp³-hybridized carbons (Fsp3) is 0.133. The van der Waals surface area contributed by atoms with Crippen LogP contribution in [-0.2, 0) is 14.8 Å². The molecule has 0 bridgehead atoms. The molecule has 0 aliphatic rings. The summed E-state index contributed by atoms with van der Waals surface area (Å²) in [7, 11) is -3.89. The molecule has 0 radical (unpaired) electrons. The van der Waals surface area contributed by atoms with Gasteiger partial charge in [-0.2, -0.15) is 4.72 Å². The van der Waals surface area contributed by atoms with Gasteiger partial charge in [0.1, 0.15) is 5.82 Å². The summed E-state index contributed by atoms with van der Waals surface area (Å²) in [5.74, 6) is -1.28. The molecule has 0 saturated heterocycles. The van der Waals surface area contributed by atoms with Gasteiger partial charge in [-0.15, -0.1) is 0 Å². The number of halogens is 2. The molecular formula is C15H14ClFN2O3S. The van der Waals surface area contributed by atoms with E-state index in [-0.39, 0.29) is 10.6 Å². The first-order valence-electron chi connectivity index (χ1n) is 6.63. The predicted molar refractivity (Wildman–Crippen MR) is 86.3 cm³/mol. The van der Waals surface area contributed by atoms with Crippen LogP contribution in [0.3, 0.4) is 0 Å². The second kappa shape index (κ2) is 7.08. The first-order chi connectivity index (χ1) is 10.8. The molecule has 0 fully saturated rings. The Balaban J connectivity index is 2.08. The van der Waals surface area contributed by atoms with Crippen LogP contribution in [0, 0.1) is 5.82 Å². The lowest BCUT2D eigenvalue weighted by Gasteiger charge is -2.15. The van der Waals surface area contributed by atoms with E-state index in [0.29, 0.717) is 5.02 Å². The minimum atomic E-state index is -3.89. The number of nitrogens with one attached hydrogen (secondary N) is 2. The number of amides is 1. The van der Waals surface area contributed by atoms with Gasteiger partial charge in [0, 0.05) is 5.02 Å². The number of hydrogen-bond acceptors (Lipinski definition) is 3. The number of para-hydroxylation sites is 1. The number of benzene rings is 2. The third-order valence-corrected chi connectivity index (χ3v) is 4.79. The van der Waals surface area contributed by atoms with Crippen molar-refractivity contribution in [2.45, 2.75) is 17.9 Å². The molecule has 23 heavy (non-hydrogen) atoms. The van der Waals surface area contributed by atoms with Crippen molar-refractivity contribution in [1.29, 1.82) is 0 Å². The molecule has 122 valence electrons. The summed E-state index contributed by atoms with van der Waals surface area (Å²) in [6, 6.07) is 10.0. The summed E-state index contributed by atoms with van der Waals surface area (Å²) in [5.41, 5.74) is -0.0185. The maximum Gasteiger partial charge on any atom is 0.242 e. The molecule has 0 aromatic heterocycles. The van der Waals surface area contributed by atoms with Gasteiger partial charge in [-0.25, -0.2) is 12.8 Å². The molecule has 0 heterocycles.